The maximum absolute atomic E-state index is 6.13. The maximum Gasteiger partial charge on any atom is 0.202 e. The van der Waals surface area contributed by atoms with Crippen molar-refractivity contribution in [1.82, 2.24) is 19.3 Å². The number of nitrogens with zero attached hydrogens (tertiary/aromatic N) is 4. The number of hydrogen-bond acceptors (Lipinski definition) is 4. The van der Waals surface area contributed by atoms with Crippen LogP contribution in [-0.2, 0) is 17.8 Å². The van der Waals surface area contributed by atoms with E-state index < -0.39 is 0 Å². The van der Waals surface area contributed by atoms with Crippen LogP contribution in [0.3, 0.4) is 0 Å². The second kappa shape index (κ2) is 4.77. The van der Waals surface area contributed by atoms with Crippen LogP contribution in [0.5, 0.6) is 0 Å². The minimum absolute atomic E-state index is 0.342. The van der Waals surface area contributed by atoms with Crippen molar-refractivity contribution in [2.45, 2.75) is 46.2 Å². The summed E-state index contributed by atoms with van der Waals surface area (Å²) in [5.41, 5.74) is 9.43. The monoisotopic (exact) mass is 277 g/mol. The third-order valence-corrected chi connectivity index (χ3v) is 4.41. The van der Waals surface area contributed by atoms with Crippen LogP contribution in [0.25, 0.3) is 11.2 Å². The Hall–Kier alpha value is -1.56. The highest BCUT2D eigenvalue weighted by Gasteiger charge is 2.43. The molecule has 3 rings (SSSR count). The van der Waals surface area contributed by atoms with Gasteiger partial charge in [-0.15, -0.1) is 0 Å². The predicted molar refractivity (Wildman–Crippen MR) is 78.5 cm³/mol. The second-order valence-corrected chi connectivity index (χ2v) is 5.87. The summed E-state index contributed by atoms with van der Waals surface area (Å²) in [5, 5.41) is 4.54. The van der Waals surface area contributed by atoms with Crippen LogP contribution in [-0.4, -0.2) is 33.0 Å². The highest BCUT2D eigenvalue weighted by molar-refractivity contribution is 5.77. The zero-order valence-electron chi connectivity index (χ0n) is 12.5. The first-order valence-corrected chi connectivity index (χ1v) is 7.28. The Morgan fingerprint density at radius 2 is 2.15 bits per heavy atom. The Labute approximate surface area is 118 Å². The summed E-state index contributed by atoms with van der Waals surface area (Å²) in [7, 11) is 1.76. The van der Waals surface area contributed by atoms with Gasteiger partial charge in [0.2, 0.25) is 5.95 Å². The molecule has 2 heterocycles. The molecular weight excluding hydrogens is 254 g/mol. The fourth-order valence-corrected chi connectivity index (χ4v) is 2.94. The summed E-state index contributed by atoms with van der Waals surface area (Å²) in [4.78, 5) is 4.50. The standard InChI is InChI=1S/C14H23N5O/c1-4-19-12-11(10(2)17-19)16-13(15)18(12)9-14(5-6-14)7-8-20-3/h4-9H2,1-3H3,(H2,15,16). The van der Waals surface area contributed by atoms with E-state index in [0.717, 1.165) is 43.0 Å². The number of anilines is 1. The van der Waals surface area contributed by atoms with E-state index in [2.05, 4.69) is 21.6 Å². The normalized spacial score (nSPS) is 16.9. The maximum atomic E-state index is 6.13. The van der Waals surface area contributed by atoms with E-state index in [-0.39, 0.29) is 0 Å². The van der Waals surface area contributed by atoms with Crippen molar-refractivity contribution >= 4 is 17.1 Å². The molecule has 20 heavy (non-hydrogen) atoms. The van der Waals surface area contributed by atoms with Gasteiger partial charge in [0.15, 0.2) is 5.65 Å². The van der Waals surface area contributed by atoms with Gasteiger partial charge in [-0.1, -0.05) is 0 Å². The molecule has 110 valence electrons. The lowest BCUT2D eigenvalue weighted by molar-refractivity contribution is 0.167. The lowest BCUT2D eigenvalue weighted by Crippen LogP contribution is -2.17. The van der Waals surface area contributed by atoms with Gasteiger partial charge in [0, 0.05) is 26.8 Å². The smallest absolute Gasteiger partial charge is 0.202 e. The molecule has 0 atom stereocenters. The SMILES string of the molecule is CCn1nc(C)c2nc(N)n(CC3(CCOC)CC3)c21. The minimum Gasteiger partial charge on any atom is -0.385 e. The van der Waals surface area contributed by atoms with E-state index in [1.807, 2.05) is 11.6 Å². The van der Waals surface area contributed by atoms with Gasteiger partial charge in [0.05, 0.1) is 5.69 Å². The van der Waals surface area contributed by atoms with Crippen LogP contribution in [0.15, 0.2) is 0 Å². The van der Waals surface area contributed by atoms with E-state index in [4.69, 9.17) is 10.5 Å². The largest absolute Gasteiger partial charge is 0.385 e. The number of rotatable bonds is 6. The molecule has 0 saturated heterocycles. The molecule has 1 fully saturated rings. The molecule has 0 radical (unpaired) electrons. The minimum atomic E-state index is 0.342. The molecule has 1 aliphatic carbocycles. The van der Waals surface area contributed by atoms with Crippen molar-refractivity contribution in [3.8, 4) is 0 Å². The fraction of sp³-hybridized carbons (Fsp3) is 0.714. The van der Waals surface area contributed by atoms with E-state index in [1.54, 1.807) is 7.11 Å². The molecule has 6 nitrogen and oxygen atoms in total. The van der Waals surface area contributed by atoms with Crippen molar-refractivity contribution in [3.05, 3.63) is 5.69 Å². The van der Waals surface area contributed by atoms with E-state index >= 15 is 0 Å². The van der Waals surface area contributed by atoms with Crippen LogP contribution in [0.2, 0.25) is 0 Å². The number of aryl methyl sites for hydroxylation is 2. The molecule has 1 aliphatic rings. The first kappa shape index (κ1) is 13.4. The van der Waals surface area contributed by atoms with E-state index in [1.165, 1.54) is 12.8 Å². The average Bonchev–Trinajstić information content (AvgIpc) is 3.04. The molecule has 0 spiro atoms. The quantitative estimate of drug-likeness (QED) is 0.876. The van der Waals surface area contributed by atoms with Crippen LogP contribution < -0.4 is 5.73 Å². The van der Waals surface area contributed by atoms with Crippen molar-refractivity contribution in [2.75, 3.05) is 19.5 Å². The summed E-state index contributed by atoms with van der Waals surface area (Å²) in [5.74, 6) is 0.603. The number of hydrogen-bond donors (Lipinski definition) is 1. The van der Waals surface area contributed by atoms with Gasteiger partial charge in [-0.05, 0) is 38.5 Å². The van der Waals surface area contributed by atoms with Crippen LogP contribution >= 0.6 is 0 Å². The molecule has 1 saturated carbocycles. The van der Waals surface area contributed by atoms with Crippen molar-refractivity contribution < 1.29 is 4.74 Å². The van der Waals surface area contributed by atoms with Gasteiger partial charge in [-0.2, -0.15) is 5.10 Å². The second-order valence-electron chi connectivity index (χ2n) is 5.87. The van der Waals surface area contributed by atoms with Gasteiger partial charge in [0.1, 0.15) is 5.52 Å². The fourth-order valence-electron chi connectivity index (χ4n) is 2.94. The topological polar surface area (TPSA) is 70.9 Å². The third kappa shape index (κ3) is 2.08. The molecular formula is C14H23N5O. The predicted octanol–water partition coefficient (Wildman–Crippen LogP) is 1.96. The van der Waals surface area contributed by atoms with Crippen LogP contribution in [0, 0.1) is 12.3 Å². The number of imidazole rings is 1. The summed E-state index contributed by atoms with van der Waals surface area (Å²) in [6, 6.07) is 0. The number of nitrogen functional groups attached to an aromatic ring is 1. The highest BCUT2D eigenvalue weighted by atomic mass is 16.5. The number of nitrogens with two attached hydrogens (primary N) is 1. The molecule has 0 bridgehead atoms. The molecule has 0 aromatic carbocycles. The van der Waals surface area contributed by atoms with Gasteiger partial charge >= 0.3 is 0 Å². The first-order valence-electron chi connectivity index (χ1n) is 7.28. The Morgan fingerprint density at radius 3 is 2.75 bits per heavy atom. The molecule has 6 heteroatoms. The molecule has 2 aromatic heterocycles. The van der Waals surface area contributed by atoms with Gasteiger partial charge in [-0.25, -0.2) is 9.67 Å². The Kier molecular flexibility index (Phi) is 3.20. The highest BCUT2D eigenvalue weighted by Crippen LogP contribution is 2.50. The zero-order valence-corrected chi connectivity index (χ0v) is 12.5. The molecule has 2 N–H and O–H groups in total. The Balaban J connectivity index is 1.97. The van der Waals surface area contributed by atoms with Gasteiger partial charge in [0.25, 0.3) is 0 Å². The van der Waals surface area contributed by atoms with E-state index in [9.17, 15) is 0 Å². The molecule has 0 unspecified atom stereocenters. The summed E-state index contributed by atoms with van der Waals surface area (Å²) < 4.78 is 9.37. The van der Waals surface area contributed by atoms with Crippen LogP contribution in [0.1, 0.15) is 31.9 Å². The summed E-state index contributed by atoms with van der Waals surface area (Å²) in [6.07, 6.45) is 3.57. The Morgan fingerprint density at radius 1 is 1.40 bits per heavy atom. The van der Waals surface area contributed by atoms with Crippen LogP contribution in [0.4, 0.5) is 5.95 Å². The van der Waals surface area contributed by atoms with Crippen molar-refractivity contribution in [3.63, 3.8) is 0 Å². The average molecular weight is 277 g/mol. The number of methoxy groups -OCH3 is 1. The lowest BCUT2D eigenvalue weighted by Gasteiger charge is -2.17. The number of fused-ring (bicyclic) bond motifs is 1. The molecule has 0 aliphatic heterocycles. The van der Waals surface area contributed by atoms with Gasteiger partial charge in [-0.3, -0.25) is 4.57 Å². The number of aromatic nitrogens is 4. The molecule has 0 amide bonds. The summed E-state index contributed by atoms with van der Waals surface area (Å²) in [6.45, 7) is 6.65. The third-order valence-electron chi connectivity index (χ3n) is 4.41. The van der Waals surface area contributed by atoms with Crippen molar-refractivity contribution in [2.24, 2.45) is 5.41 Å². The van der Waals surface area contributed by atoms with Gasteiger partial charge < -0.3 is 10.5 Å². The summed E-state index contributed by atoms with van der Waals surface area (Å²) >= 11 is 0. The zero-order chi connectivity index (χ0) is 14.3. The van der Waals surface area contributed by atoms with E-state index in [0.29, 0.717) is 11.4 Å². The molecule has 2 aromatic rings. The number of ether oxygens (including phenoxy) is 1. The van der Waals surface area contributed by atoms with Crippen molar-refractivity contribution in [1.29, 1.82) is 0 Å². The first-order chi connectivity index (χ1) is 9.60. The lowest BCUT2D eigenvalue weighted by atomic mass is 10.0. The Bertz CT molecular complexity index is 623.